The number of nitrogens with one attached hydrogen (secondary N) is 1. The van der Waals surface area contributed by atoms with Gasteiger partial charge in [-0.1, -0.05) is 12.1 Å². The van der Waals surface area contributed by atoms with Gasteiger partial charge in [0.1, 0.15) is 11.6 Å². The fourth-order valence-electron chi connectivity index (χ4n) is 1.65. The van der Waals surface area contributed by atoms with Crippen LogP contribution in [0, 0.1) is 0 Å². The number of primary amides is 1. The van der Waals surface area contributed by atoms with E-state index >= 15 is 0 Å². The molecule has 0 bridgehead atoms. The van der Waals surface area contributed by atoms with Crippen molar-refractivity contribution in [2.45, 2.75) is 0 Å². The Hall–Kier alpha value is -2.17. The van der Waals surface area contributed by atoms with Gasteiger partial charge in [0.05, 0.1) is 18.2 Å². The summed E-state index contributed by atoms with van der Waals surface area (Å²) in [7, 11) is 1.55. The minimum Gasteiger partial charge on any atom is -0.495 e. The van der Waals surface area contributed by atoms with Crippen molar-refractivity contribution in [2.24, 2.45) is 5.73 Å². The number of carbonyl (C=O) groups is 1. The van der Waals surface area contributed by atoms with Crippen molar-refractivity contribution in [1.82, 2.24) is 4.98 Å². The molecule has 78 valence electrons. The molecule has 0 unspecified atom stereocenters. The molecule has 1 aromatic heterocycles. The van der Waals surface area contributed by atoms with Crippen molar-refractivity contribution in [2.75, 3.05) is 12.8 Å². The van der Waals surface area contributed by atoms with Crippen molar-refractivity contribution in [3.8, 4) is 5.75 Å². The number of hydrogen-bond donors (Lipinski definition) is 3. The van der Waals surface area contributed by atoms with Crippen LogP contribution in [0.4, 0.5) is 5.82 Å². The zero-order chi connectivity index (χ0) is 11.0. The van der Waals surface area contributed by atoms with Crippen LogP contribution in [0.15, 0.2) is 18.2 Å². The summed E-state index contributed by atoms with van der Waals surface area (Å²) in [6.07, 6.45) is 0. The second kappa shape index (κ2) is 3.20. The number of aromatic amines is 1. The summed E-state index contributed by atoms with van der Waals surface area (Å²) in [5.74, 6) is 0.348. The molecular formula is C10H11N3O2. The molecule has 0 saturated carbocycles. The van der Waals surface area contributed by atoms with Crippen LogP contribution in [-0.2, 0) is 0 Å². The van der Waals surface area contributed by atoms with Crippen molar-refractivity contribution >= 4 is 22.6 Å². The molecule has 5 heteroatoms. The second-order valence-corrected chi connectivity index (χ2v) is 3.16. The molecule has 0 saturated heterocycles. The predicted octanol–water partition coefficient (Wildman–Crippen LogP) is 0.858. The van der Waals surface area contributed by atoms with E-state index in [1.807, 2.05) is 0 Å². The molecule has 1 amide bonds. The standard InChI is InChI=1S/C10H11N3O2/c1-15-6-4-2-3-5-7(10(12)14)9(11)13-8(5)6/h2-4,13H,11H2,1H3,(H2,12,14). The maximum Gasteiger partial charge on any atom is 0.253 e. The molecule has 2 rings (SSSR count). The second-order valence-electron chi connectivity index (χ2n) is 3.16. The quantitative estimate of drug-likeness (QED) is 0.678. The summed E-state index contributed by atoms with van der Waals surface area (Å²) < 4.78 is 5.14. The highest BCUT2D eigenvalue weighted by atomic mass is 16.5. The molecule has 1 heterocycles. The van der Waals surface area contributed by atoms with Crippen molar-refractivity contribution in [3.63, 3.8) is 0 Å². The van der Waals surface area contributed by atoms with Crippen LogP contribution < -0.4 is 16.2 Å². The first-order valence-electron chi connectivity index (χ1n) is 4.39. The first kappa shape index (κ1) is 9.39. The highest BCUT2D eigenvalue weighted by Gasteiger charge is 2.15. The Morgan fingerprint density at radius 3 is 2.80 bits per heavy atom. The van der Waals surface area contributed by atoms with Crippen LogP contribution in [0.1, 0.15) is 10.4 Å². The molecule has 0 aliphatic heterocycles. The number of rotatable bonds is 2. The number of nitrogen functional groups attached to an aromatic ring is 1. The number of anilines is 1. The first-order valence-corrected chi connectivity index (χ1v) is 4.39. The molecule has 0 fully saturated rings. The van der Waals surface area contributed by atoms with E-state index in [2.05, 4.69) is 4.98 Å². The third-order valence-corrected chi connectivity index (χ3v) is 2.29. The average Bonchev–Trinajstić information content (AvgIpc) is 2.53. The lowest BCUT2D eigenvalue weighted by molar-refractivity contribution is 0.100. The smallest absolute Gasteiger partial charge is 0.253 e. The number of fused-ring (bicyclic) bond motifs is 1. The number of H-pyrrole nitrogens is 1. The van der Waals surface area contributed by atoms with Crippen LogP contribution in [0.3, 0.4) is 0 Å². The highest BCUT2D eigenvalue weighted by molar-refractivity contribution is 6.11. The molecule has 15 heavy (non-hydrogen) atoms. The lowest BCUT2D eigenvalue weighted by atomic mass is 10.1. The van der Waals surface area contributed by atoms with E-state index in [4.69, 9.17) is 16.2 Å². The van der Waals surface area contributed by atoms with E-state index in [1.54, 1.807) is 25.3 Å². The molecule has 0 atom stereocenters. The number of amides is 1. The summed E-state index contributed by atoms with van der Waals surface area (Å²) in [6.45, 7) is 0. The molecule has 0 aliphatic carbocycles. The van der Waals surface area contributed by atoms with E-state index in [9.17, 15) is 4.79 Å². The fourth-order valence-corrected chi connectivity index (χ4v) is 1.65. The maximum absolute atomic E-state index is 11.2. The Morgan fingerprint density at radius 2 is 2.20 bits per heavy atom. The van der Waals surface area contributed by atoms with Gasteiger partial charge in [0.15, 0.2) is 0 Å². The van der Waals surface area contributed by atoms with Gasteiger partial charge >= 0.3 is 0 Å². The summed E-state index contributed by atoms with van der Waals surface area (Å²) in [6, 6.07) is 5.33. The van der Waals surface area contributed by atoms with Gasteiger partial charge in [0.25, 0.3) is 5.91 Å². The Morgan fingerprint density at radius 1 is 1.47 bits per heavy atom. The monoisotopic (exact) mass is 205 g/mol. The maximum atomic E-state index is 11.2. The van der Waals surface area contributed by atoms with E-state index < -0.39 is 5.91 Å². The van der Waals surface area contributed by atoms with Gasteiger partial charge in [0.2, 0.25) is 0 Å². The van der Waals surface area contributed by atoms with Gasteiger partial charge in [0, 0.05) is 5.39 Å². The van der Waals surface area contributed by atoms with Crippen LogP contribution >= 0.6 is 0 Å². The fraction of sp³-hybridized carbons (Fsp3) is 0.100. The number of nitrogens with two attached hydrogens (primary N) is 2. The lowest BCUT2D eigenvalue weighted by Gasteiger charge is -2.00. The molecule has 0 spiro atoms. The summed E-state index contributed by atoms with van der Waals surface area (Å²) >= 11 is 0. The molecule has 1 aromatic carbocycles. The summed E-state index contributed by atoms with van der Waals surface area (Å²) in [4.78, 5) is 14.1. The van der Waals surface area contributed by atoms with Crippen LogP contribution in [0.5, 0.6) is 5.75 Å². The summed E-state index contributed by atoms with van der Waals surface area (Å²) in [5.41, 5.74) is 11.9. The van der Waals surface area contributed by atoms with Gasteiger partial charge in [-0.2, -0.15) is 0 Å². The van der Waals surface area contributed by atoms with Crippen molar-refractivity contribution in [1.29, 1.82) is 0 Å². The molecule has 2 aromatic rings. The normalized spacial score (nSPS) is 10.5. The Labute approximate surface area is 86.0 Å². The third-order valence-electron chi connectivity index (χ3n) is 2.29. The molecule has 5 nitrogen and oxygen atoms in total. The number of carbonyl (C=O) groups excluding carboxylic acids is 1. The van der Waals surface area contributed by atoms with E-state index in [0.29, 0.717) is 22.2 Å². The van der Waals surface area contributed by atoms with Crippen LogP contribution in [-0.4, -0.2) is 18.0 Å². The Bertz CT molecular complexity index is 531. The Balaban J connectivity index is 2.84. The highest BCUT2D eigenvalue weighted by Crippen LogP contribution is 2.30. The van der Waals surface area contributed by atoms with Crippen LogP contribution in [0.25, 0.3) is 10.9 Å². The van der Waals surface area contributed by atoms with Crippen molar-refractivity contribution < 1.29 is 9.53 Å². The largest absolute Gasteiger partial charge is 0.495 e. The number of hydrogen-bond acceptors (Lipinski definition) is 3. The van der Waals surface area contributed by atoms with Crippen LogP contribution in [0.2, 0.25) is 0 Å². The minimum atomic E-state index is -0.549. The van der Waals surface area contributed by atoms with Gasteiger partial charge < -0.3 is 21.2 Å². The van der Waals surface area contributed by atoms with Crippen molar-refractivity contribution in [3.05, 3.63) is 23.8 Å². The van der Waals surface area contributed by atoms with E-state index in [-0.39, 0.29) is 5.82 Å². The number of benzene rings is 1. The molecule has 0 aliphatic rings. The number of ether oxygens (including phenoxy) is 1. The number of aromatic nitrogens is 1. The summed E-state index contributed by atoms with van der Waals surface area (Å²) in [5, 5.41) is 0.680. The van der Waals surface area contributed by atoms with Gasteiger partial charge in [-0.25, -0.2) is 0 Å². The zero-order valence-electron chi connectivity index (χ0n) is 8.20. The van der Waals surface area contributed by atoms with Gasteiger partial charge in [-0.3, -0.25) is 4.79 Å². The van der Waals surface area contributed by atoms with Gasteiger partial charge in [-0.05, 0) is 6.07 Å². The topological polar surface area (TPSA) is 94.1 Å². The Kier molecular flexibility index (Phi) is 2.00. The SMILES string of the molecule is COc1cccc2c(C(N)=O)c(N)[nH]c12. The van der Waals surface area contributed by atoms with Gasteiger partial charge in [-0.15, -0.1) is 0 Å². The number of para-hydroxylation sites is 1. The predicted molar refractivity (Wildman–Crippen MR) is 57.8 cm³/mol. The minimum absolute atomic E-state index is 0.266. The molecule has 5 N–H and O–H groups in total. The van der Waals surface area contributed by atoms with E-state index in [1.165, 1.54) is 0 Å². The third kappa shape index (κ3) is 1.28. The zero-order valence-corrected chi connectivity index (χ0v) is 8.20. The molecular weight excluding hydrogens is 194 g/mol. The number of methoxy groups -OCH3 is 1. The lowest BCUT2D eigenvalue weighted by Crippen LogP contribution is -2.12. The average molecular weight is 205 g/mol. The van der Waals surface area contributed by atoms with E-state index in [0.717, 1.165) is 0 Å². The first-order chi connectivity index (χ1) is 7.15. The molecule has 0 radical (unpaired) electrons.